The van der Waals surface area contributed by atoms with Gasteiger partial charge >= 0.3 is 0 Å². The molecule has 1 aromatic rings. The fraction of sp³-hybridized carbons (Fsp3) is 0.286. The lowest BCUT2D eigenvalue weighted by Gasteiger charge is -2.07. The van der Waals surface area contributed by atoms with Gasteiger partial charge in [0.25, 0.3) is 0 Å². The van der Waals surface area contributed by atoms with Crippen LogP contribution in [0.2, 0.25) is 5.15 Å². The summed E-state index contributed by atoms with van der Waals surface area (Å²) in [4.78, 5) is 3.88. The van der Waals surface area contributed by atoms with E-state index in [1.54, 1.807) is 12.3 Å². The van der Waals surface area contributed by atoms with Gasteiger partial charge in [-0.25, -0.2) is 4.98 Å². The van der Waals surface area contributed by atoms with Crippen molar-refractivity contribution < 1.29 is 0 Å². The number of aromatic nitrogens is 1. The number of halogens is 3. The van der Waals surface area contributed by atoms with Gasteiger partial charge in [0.05, 0.1) is 0 Å². The first kappa shape index (κ1) is 12.2. The van der Waals surface area contributed by atoms with Crippen molar-refractivity contribution in [3.63, 3.8) is 0 Å². The van der Waals surface area contributed by atoms with E-state index >= 15 is 0 Å². The van der Waals surface area contributed by atoms with Crippen LogP contribution in [-0.4, -0.2) is 4.98 Å². The summed E-state index contributed by atoms with van der Waals surface area (Å²) in [6, 6.07) is 1.74. The molecule has 0 fully saturated rings. The first-order valence-corrected chi connectivity index (χ1v) is 4.35. The van der Waals surface area contributed by atoms with Crippen LogP contribution in [0.4, 0.5) is 0 Å². The second-order valence-corrected chi connectivity index (χ2v) is 3.56. The number of pyridine rings is 1. The Morgan fingerprint density at radius 3 is 2.67 bits per heavy atom. The number of nitrogens with zero attached hydrogens (tertiary/aromatic N) is 1. The Kier molecular flexibility index (Phi) is 5.09. The third-order valence-electron chi connectivity index (χ3n) is 1.34. The van der Waals surface area contributed by atoms with E-state index in [1.807, 2.05) is 6.92 Å². The number of rotatable bonds is 1. The largest absolute Gasteiger partial charge is 0.324 e. The summed E-state index contributed by atoms with van der Waals surface area (Å²) in [6.45, 7) is 1.90. The van der Waals surface area contributed by atoms with E-state index in [4.69, 9.17) is 17.3 Å². The van der Waals surface area contributed by atoms with Gasteiger partial charge in [0, 0.05) is 16.7 Å². The summed E-state index contributed by atoms with van der Waals surface area (Å²) < 4.78 is 0.900. The molecule has 1 aromatic heterocycles. The molecular formula is C7H9BrCl2N2. The molecule has 1 atom stereocenters. The number of hydrogen-bond donors (Lipinski definition) is 1. The molecule has 0 amide bonds. The molecule has 0 saturated heterocycles. The fourth-order valence-corrected chi connectivity index (χ4v) is 1.52. The van der Waals surface area contributed by atoms with E-state index in [0.29, 0.717) is 5.15 Å². The van der Waals surface area contributed by atoms with Crippen LogP contribution < -0.4 is 5.73 Å². The van der Waals surface area contributed by atoms with Crippen LogP contribution in [0.3, 0.4) is 0 Å². The lowest BCUT2D eigenvalue weighted by Crippen LogP contribution is -2.05. The van der Waals surface area contributed by atoms with Crippen molar-refractivity contribution in [3.8, 4) is 0 Å². The molecule has 1 unspecified atom stereocenters. The second-order valence-electron chi connectivity index (χ2n) is 2.32. The summed E-state index contributed by atoms with van der Waals surface area (Å²) >= 11 is 9.00. The maximum absolute atomic E-state index is 5.67. The molecule has 0 aliphatic carbocycles. The highest BCUT2D eigenvalue weighted by Crippen LogP contribution is 2.22. The lowest BCUT2D eigenvalue weighted by atomic mass is 10.1. The molecular weight excluding hydrogens is 263 g/mol. The van der Waals surface area contributed by atoms with Crippen molar-refractivity contribution in [1.29, 1.82) is 0 Å². The Morgan fingerprint density at radius 2 is 2.25 bits per heavy atom. The van der Waals surface area contributed by atoms with E-state index in [1.165, 1.54) is 0 Å². The molecule has 2 nitrogen and oxygen atoms in total. The maximum atomic E-state index is 5.67. The van der Waals surface area contributed by atoms with Crippen molar-refractivity contribution in [2.24, 2.45) is 5.73 Å². The zero-order valence-corrected chi connectivity index (χ0v) is 9.58. The van der Waals surface area contributed by atoms with Crippen molar-refractivity contribution in [1.82, 2.24) is 4.98 Å². The van der Waals surface area contributed by atoms with Gasteiger partial charge in [0.2, 0.25) is 0 Å². The minimum absolute atomic E-state index is 0. The highest BCUT2D eigenvalue weighted by atomic mass is 79.9. The molecule has 1 heterocycles. The first-order chi connectivity index (χ1) is 5.11. The van der Waals surface area contributed by atoms with Crippen LogP contribution in [0.15, 0.2) is 16.7 Å². The highest BCUT2D eigenvalue weighted by molar-refractivity contribution is 9.10. The highest BCUT2D eigenvalue weighted by Gasteiger charge is 2.05. The molecule has 0 aliphatic rings. The van der Waals surface area contributed by atoms with E-state index in [9.17, 15) is 0 Å². The third kappa shape index (κ3) is 2.90. The van der Waals surface area contributed by atoms with Crippen LogP contribution >= 0.6 is 39.9 Å². The monoisotopic (exact) mass is 270 g/mol. The molecule has 68 valence electrons. The molecule has 0 aromatic carbocycles. The van der Waals surface area contributed by atoms with Gasteiger partial charge in [-0.15, -0.1) is 12.4 Å². The zero-order chi connectivity index (χ0) is 8.43. The Hall–Kier alpha value is 0.170. The number of hydrogen-bond acceptors (Lipinski definition) is 2. The fourth-order valence-electron chi connectivity index (χ4n) is 0.776. The zero-order valence-electron chi connectivity index (χ0n) is 6.42. The van der Waals surface area contributed by atoms with Crippen molar-refractivity contribution in [3.05, 3.63) is 27.5 Å². The molecule has 2 N–H and O–H groups in total. The third-order valence-corrected chi connectivity index (χ3v) is 2.21. The molecule has 12 heavy (non-hydrogen) atoms. The van der Waals surface area contributed by atoms with Crippen LogP contribution in [0.25, 0.3) is 0 Å². The Labute approximate surface area is 91.0 Å². The van der Waals surface area contributed by atoms with Crippen LogP contribution in [0, 0.1) is 0 Å². The minimum atomic E-state index is -0.0233. The Balaban J connectivity index is 0.00000121. The average molecular weight is 272 g/mol. The van der Waals surface area contributed by atoms with Crippen molar-refractivity contribution in [2.45, 2.75) is 13.0 Å². The smallest absolute Gasteiger partial charge is 0.129 e. The lowest BCUT2D eigenvalue weighted by molar-refractivity contribution is 0.810. The standard InChI is InChI=1S/C7H8BrClN2.ClH/c1-4(10)5-2-7(9)11-3-6(5)8;/h2-4H,10H2,1H3;1H. The van der Waals surface area contributed by atoms with Gasteiger partial charge in [-0.05, 0) is 34.5 Å². The Bertz CT molecular complexity index is 266. The van der Waals surface area contributed by atoms with E-state index in [2.05, 4.69) is 20.9 Å². The molecule has 0 spiro atoms. The van der Waals surface area contributed by atoms with Gasteiger partial charge in [-0.3, -0.25) is 0 Å². The quantitative estimate of drug-likeness (QED) is 0.798. The predicted molar refractivity (Wildman–Crippen MR) is 56.8 cm³/mol. The van der Waals surface area contributed by atoms with Crippen LogP contribution in [0.5, 0.6) is 0 Å². The molecule has 0 radical (unpaired) electrons. The topological polar surface area (TPSA) is 38.9 Å². The van der Waals surface area contributed by atoms with Crippen LogP contribution in [0.1, 0.15) is 18.5 Å². The van der Waals surface area contributed by atoms with Gasteiger partial charge in [0.1, 0.15) is 5.15 Å². The molecule has 0 bridgehead atoms. The minimum Gasteiger partial charge on any atom is -0.324 e. The van der Waals surface area contributed by atoms with Crippen molar-refractivity contribution >= 4 is 39.9 Å². The average Bonchev–Trinajstić information content (AvgIpc) is 1.94. The molecule has 5 heteroatoms. The summed E-state index contributed by atoms with van der Waals surface area (Å²) in [6.07, 6.45) is 1.65. The van der Waals surface area contributed by atoms with Gasteiger partial charge < -0.3 is 5.73 Å². The van der Waals surface area contributed by atoms with E-state index in [0.717, 1.165) is 10.0 Å². The normalized spacial score (nSPS) is 12.0. The predicted octanol–water partition coefficient (Wildman–Crippen LogP) is 2.94. The maximum Gasteiger partial charge on any atom is 0.129 e. The summed E-state index contributed by atoms with van der Waals surface area (Å²) in [5.41, 5.74) is 6.64. The molecule has 1 rings (SSSR count). The summed E-state index contributed by atoms with van der Waals surface area (Å²) in [7, 11) is 0. The van der Waals surface area contributed by atoms with Crippen LogP contribution in [-0.2, 0) is 0 Å². The first-order valence-electron chi connectivity index (χ1n) is 3.18. The molecule has 0 aliphatic heterocycles. The van der Waals surface area contributed by atoms with E-state index < -0.39 is 0 Å². The molecule has 0 saturated carbocycles. The summed E-state index contributed by atoms with van der Waals surface area (Å²) in [5, 5.41) is 0.473. The van der Waals surface area contributed by atoms with Gasteiger partial charge in [0.15, 0.2) is 0 Å². The number of nitrogens with two attached hydrogens (primary N) is 1. The Morgan fingerprint density at radius 1 is 1.67 bits per heavy atom. The van der Waals surface area contributed by atoms with Crippen molar-refractivity contribution in [2.75, 3.05) is 0 Å². The summed E-state index contributed by atoms with van der Waals surface area (Å²) in [5.74, 6) is 0. The second kappa shape index (κ2) is 5.02. The van der Waals surface area contributed by atoms with Gasteiger partial charge in [-0.2, -0.15) is 0 Å². The SMILES string of the molecule is CC(N)c1cc(Cl)ncc1Br.Cl. The van der Waals surface area contributed by atoms with E-state index in [-0.39, 0.29) is 18.4 Å². The van der Waals surface area contributed by atoms with Gasteiger partial charge in [-0.1, -0.05) is 11.6 Å².